The summed E-state index contributed by atoms with van der Waals surface area (Å²) < 4.78 is 14.6. The normalized spacial score (nSPS) is 23.7. The van der Waals surface area contributed by atoms with Gasteiger partial charge in [0.1, 0.15) is 90.1 Å². The number of hydrogen-bond acceptors (Lipinski definition) is 19. The number of nitrogens with zero attached hydrogens (tertiary/aromatic N) is 5. The molecule has 13 atom stereocenters. The molecular weight excluding hydrogens is 1720 g/mol. The fourth-order valence-electron chi connectivity index (χ4n) is 16.5. The van der Waals surface area contributed by atoms with E-state index in [-0.39, 0.29) is 95.4 Å². The number of aryl methyl sites for hydroxylation is 1. The molecule has 132 heavy (non-hydrogen) atoms. The van der Waals surface area contributed by atoms with E-state index in [2.05, 4.69) is 52.8 Å². The maximum Gasteiger partial charge on any atom is 0.305 e. The lowest BCUT2D eigenvalue weighted by molar-refractivity contribution is -0.152. The third-order valence-electron chi connectivity index (χ3n) is 23.8. The number of carbonyl (C=O) groups excluding carboxylic acids is 15. The number of aromatic nitrogens is 1. The van der Waals surface area contributed by atoms with Crippen LogP contribution in [0.3, 0.4) is 0 Å². The summed E-state index contributed by atoms with van der Waals surface area (Å²) in [6, 6.07) is 12.8. The molecule has 0 radical (unpaired) electrons. The molecule has 3 saturated heterocycles. The van der Waals surface area contributed by atoms with Crippen molar-refractivity contribution in [2.24, 2.45) is 17.6 Å². The standard InChI is InChI=1S/C94H121FN16O20S/c1-10-11-23-74-93(130)111-41-18-25-73(111)88(125)104-69(48-80(117)118)86(123)106-81(54(4)5)94(131)108(8)75(45-59-28-26-55(6)27-29-59)89(126)100-65(38-39-79(115)116)91(128)110-40-17-24-72(110)87(124)103-68(47-60-49-97-64-22-16-15-21-63(60)64)85(122)102-67(43-58-32-36-62(112)37-33-58)84(121)101-66(42-53(2)3)83(120)105-71(82(119)98-50-77(96)113)51-132-52-78(114)99-70(44-57-30-34-61(95)35-31-57)90(127)109(9)76(92(129)107(74)7)46-56-19-13-12-14-20-56/h12-16,19-22,26-37,49,53-54,65-76,81,97,112H,10-11,17-18,23-25,38-48,50-52H2,1-9H3,(H2,96,113)(H,98,119)(H,99,114)(H,100,126)(H,101,121)(H,102,122)(H,103,124)(H,104,125)(H,105,120)(H,106,123)(H,115,116)(H,117,118)/t65-,66-,67-,68-,69-,70-,71-,72+,73+,74-,75-,76-,81-/m0/s1. The molecule has 0 spiro atoms. The lowest BCUT2D eigenvalue weighted by Crippen LogP contribution is -2.62. The minimum Gasteiger partial charge on any atom is -0.508 e. The lowest BCUT2D eigenvalue weighted by atomic mass is 9.98. The van der Waals surface area contributed by atoms with Gasteiger partial charge in [0.25, 0.3) is 0 Å². The number of aromatic hydroxyl groups is 1. The first-order chi connectivity index (χ1) is 62.8. The molecule has 38 heteroatoms. The minimum atomic E-state index is -1.93. The van der Waals surface area contributed by atoms with Gasteiger partial charge in [-0.15, -0.1) is 11.8 Å². The first-order valence-corrected chi connectivity index (χ1v) is 45.5. The highest BCUT2D eigenvalue weighted by Crippen LogP contribution is 2.28. The molecule has 3 aliphatic rings. The number of fused-ring (bicyclic) bond motifs is 3. The third-order valence-corrected chi connectivity index (χ3v) is 24.8. The molecule has 6 aromatic rings. The van der Waals surface area contributed by atoms with Gasteiger partial charge in [-0.1, -0.05) is 150 Å². The number of thioether (sulfide) groups is 1. The van der Waals surface area contributed by atoms with Gasteiger partial charge in [0, 0.05) is 95.6 Å². The number of phenolic OH excluding ortho intramolecular Hbond substituents is 1. The predicted molar refractivity (Wildman–Crippen MR) is 486 cm³/mol. The summed E-state index contributed by atoms with van der Waals surface area (Å²) in [5, 5.41) is 55.5. The first kappa shape index (κ1) is 102. The van der Waals surface area contributed by atoms with E-state index >= 15 is 47.9 Å². The number of unbranched alkanes of at least 4 members (excludes halogenated alkanes) is 1. The van der Waals surface area contributed by atoms with E-state index in [4.69, 9.17) is 5.73 Å². The van der Waals surface area contributed by atoms with Crippen LogP contribution in [0.4, 0.5) is 4.39 Å². The zero-order chi connectivity index (χ0) is 96.3. The van der Waals surface area contributed by atoms with E-state index in [9.17, 15) is 53.3 Å². The van der Waals surface area contributed by atoms with Crippen molar-refractivity contribution in [2.75, 3.05) is 52.3 Å². The van der Waals surface area contributed by atoms with Crippen molar-refractivity contribution < 1.29 is 101 Å². The van der Waals surface area contributed by atoms with E-state index in [1.807, 2.05) is 13.8 Å². The van der Waals surface area contributed by atoms with Crippen molar-refractivity contribution in [3.8, 4) is 5.75 Å². The summed E-state index contributed by atoms with van der Waals surface area (Å²) in [6.07, 6.45) is -0.961. The molecule has 0 aliphatic carbocycles. The third kappa shape index (κ3) is 28.9. The smallest absolute Gasteiger partial charge is 0.305 e. The summed E-state index contributed by atoms with van der Waals surface area (Å²) in [5.74, 6) is -19.8. The lowest BCUT2D eigenvalue weighted by Gasteiger charge is -2.38. The molecule has 710 valence electrons. The van der Waals surface area contributed by atoms with Gasteiger partial charge >= 0.3 is 11.9 Å². The highest BCUT2D eigenvalue weighted by molar-refractivity contribution is 8.00. The molecule has 4 heterocycles. The van der Waals surface area contributed by atoms with Crippen molar-refractivity contribution in [3.05, 3.63) is 173 Å². The predicted octanol–water partition coefficient (Wildman–Crippen LogP) is 2.76. The monoisotopic (exact) mass is 1840 g/mol. The quantitative estimate of drug-likeness (QED) is 0.0414. The van der Waals surface area contributed by atoms with E-state index in [0.29, 0.717) is 51.6 Å². The number of nitrogens with two attached hydrogens (primary N) is 1. The summed E-state index contributed by atoms with van der Waals surface area (Å²) >= 11 is 0.783. The zero-order valence-corrected chi connectivity index (χ0v) is 76.4. The highest BCUT2D eigenvalue weighted by Gasteiger charge is 2.46. The van der Waals surface area contributed by atoms with Gasteiger partial charge in [0.15, 0.2) is 0 Å². The minimum absolute atomic E-state index is 0.00785. The number of carboxylic acids is 2. The van der Waals surface area contributed by atoms with Gasteiger partial charge in [-0.3, -0.25) is 81.5 Å². The number of benzene rings is 5. The van der Waals surface area contributed by atoms with Crippen LogP contribution in [0.25, 0.3) is 10.9 Å². The SMILES string of the molecule is CCCC[C@H]1C(=O)N2CCC[C@@H]2C(=O)N[C@@H](CC(=O)O)C(=O)N[C@@H](C(C)C)C(=O)N(C)[C@@H](Cc2ccc(C)cc2)C(=O)N[C@@H](CCC(=O)O)C(=O)N2CCC[C@@H]2C(=O)N[C@@H](Cc2c[nH]c3ccccc23)C(=O)N[C@@H](Cc2ccc(O)cc2)C(=O)N[C@@H](CC(C)C)C(=O)N[C@H](C(=O)NCC(N)=O)CSCC(=O)N[C@@H](Cc2ccc(F)cc2)C(=O)N(C)[C@@H](Cc2ccccc2)C(=O)N1C. The Balaban J connectivity index is 1.13. The van der Waals surface area contributed by atoms with Gasteiger partial charge < -0.3 is 98.4 Å². The molecule has 5 aromatic carbocycles. The van der Waals surface area contributed by atoms with Crippen LogP contribution in [-0.4, -0.2) is 276 Å². The van der Waals surface area contributed by atoms with Gasteiger partial charge in [0.2, 0.25) is 88.6 Å². The Hall–Kier alpha value is -13.3. The van der Waals surface area contributed by atoms with Crippen LogP contribution >= 0.6 is 11.8 Å². The fourth-order valence-corrected chi connectivity index (χ4v) is 17.3. The van der Waals surface area contributed by atoms with Crippen molar-refractivity contribution in [3.63, 3.8) is 0 Å². The highest BCUT2D eigenvalue weighted by atomic mass is 32.2. The van der Waals surface area contributed by atoms with Gasteiger partial charge in [0.05, 0.1) is 18.7 Å². The molecule has 15 amide bonds. The van der Waals surface area contributed by atoms with Crippen LogP contribution < -0.4 is 53.6 Å². The second-order valence-corrected chi connectivity index (χ2v) is 35.7. The average Bonchev–Trinajstić information content (AvgIpc) is 1.48. The van der Waals surface area contributed by atoms with Crippen LogP contribution in [0.15, 0.2) is 134 Å². The second-order valence-electron chi connectivity index (χ2n) is 34.6. The van der Waals surface area contributed by atoms with E-state index in [1.54, 1.807) is 113 Å². The Morgan fingerprint density at radius 1 is 0.515 bits per heavy atom. The number of H-pyrrole nitrogens is 1. The molecule has 15 N–H and O–H groups in total. The number of carbonyl (C=O) groups is 17. The zero-order valence-electron chi connectivity index (χ0n) is 75.6. The molecule has 0 saturated carbocycles. The Bertz CT molecular complexity index is 5120. The number of hydrogen-bond donors (Lipinski definition) is 14. The van der Waals surface area contributed by atoms with Crippen molar-refractivity contribution >= 4 is 123 Å². The van der Waals surface area contributed by atoms with Crippen molar-refractivity contribution in [1.82, 2.24) is 77.3 Å². The molecule has 0 bridgehead atoms. The maximum absolute atomic E-state index is 15.7. The van der Waals surface area contributed by atoms with Gasteiger partial charge in [-0.2, -0.15) is 0 Å². The molecular formula is C94H121FN16O20S. The van der Waals surface area contributed by atoms with E-state index < -0.39 is 228 Å². The Labute approximate surface area is 769 Å². The number of carboxylic acid groups (broad SMARTS) is 2. The van der Waals surface area contributed by atoms with Crippen LogP contribution in [0, 0.1) is 24.6 Å². The van der Waals surface area contributed by atoms with Crippen LogP contribution in [0.1, 0.15) is 139 Å². The van der Waals surface area contributed by atoms with Crippen LogP contribution in [0.2, 0.25) is 0 Å². The first-order valence-electron chi connectivity index (χ1n) is 44.4. The van der Waals surface area contributed by atoms with E-state index in [0.717, 1.165) is 44.2 Å². The van der Waals surface area contributed by atoms with Gasteiger partial charge in [-0.25, -0.2) is 4.39 Å². The van der Waals surface area contributed by atoms with E-state index in [1.165, 1.54) is 67.3 Å². The van der Waals surface area contributed by atoms with Crippen molar-refractivity contribution in [1.29, 1.82) is 0 Å². The maximum atomic E-state index is 15.7. The number of likely N-dealkylation sites (N-methyl/N-ethyl adjacent to an activating group) is 3. The topological polar surface area (TPSA) is 517 Å². The average molecular weight is 1850 g/mol. The Morgan fingerprint density at radius 3 is 1.64 bits per heavy atom. The number of amides is 15. The Morgan fingerprint density at radius 2 is 1.03 bits per heavy atom. The van der Waals surface area contributed by atoms with Crippen LogP contribution in [0.5, 0.6) is 5.75 Å². The number of aromatic amines is 1. The largest absolute Gasteiger partial charge is 0.508 e. The molecule has 36 nitrogen and oxygen atoms in total. The number of halogens is 1. The number of phenols is 1. The van der Waals surface area contributed by atoms with Crippen LogP contribution in [-0.2, 0) is 114 Å². The Kier molecular flexibility index (Phi) is 37.7. The molecule has 0 unspecified atom stereocenters. The van der Waals surface area contributed by atoms with Crippen molar-refractivity contribution in [2.45, 2.75) is 223 Å². The summed E-state index contributed by atoms with van der Waals surface area (Å²) in [5.41, 5.74) is 9.18. The molecule has 9 rings (SSSR count). The summed E-state index contributed by atoms with van der Waals surface area (Å²) in [6.45, 7) is 9.30. The summed E-state index contributed by atoms with van der Waals surface area (Å²) in [4.78, 5) is 259. The fraction of sp³-hybridized carbons (Fsp3) is 0.479. The molecule has 1 aromatic heterocycles. The summed E-state index contributed by atoms with van der Waals surface area (Å²) in [7, 11) is 3.94. The molecule has 3 fully saturated rings. The molecule has 3 aliphatic heterocycles. The number of aliphatic carboxylic acids is 2. The number of rotatable bonds is 24. The van der Waals surface area contributed by atoms with Gasteiger partial charge in [-0.05, 0) is 122 Å². The number of para-hydroxylation sites is 1. The number of nitrogens with one attached hydrogen (secondary N) is 10. The second kappa shape index (κ2) is 48.6. The number of primary amides is 1.